The first kappa shape index (κ1) is 20.2. The van der Waals surface area contributed by atoms with Gasteiger partial charge in [-0.05, 0) is 36.2 Å². The summed E-state index contributed by atoms with van der Waals surface area (Å²) >= 11 is 0. The van der Waals surface area contributed by atoms with E-state index in [1.807, 2.05) is 0 Å². The molecular weight excluding hydrogens is 384 g/mol. The number of anilines is 1. The summed E-state index contributed by atoms with van der Waals surface area (Å²) in [5, 5.41) is 4.89. The predicted octanol–water partition coefficient (Wildman–Crippen LogP) is 2.77. The van der Waals surface area contributed by atoms with E-state index in [1.165, 1.54) is 7.11 Å². The molecule has 0 saturated carbocycles. The van der Waals surface area contributed by atoms with Crippen LogP contribution in [0.4, 0.5) is 19.3 Å². The Kier molecular flexibility index (Phi) is 5.49. The molecule has 2 aromatic rings. The minimum absolute atomic E-state index is 0.250. The van der Waals surface area contributed by atoms with E-state index < -0.39 is 41.6 Å². The first-order chi connectivity index (χ1) is 13.8. The highest BCUT2D eigenvalue weighted by Crippen LogP contribution is 2.33. The smallest absolute Gasteiger partial charge is 0.325 e. The molecule has 1 saturated heterocycles. The van der Waals surface area contributed by atoms with Crippen LogP contribution < -0.4 is 15.4 Å². The summed E-state index contributed by atoms with van der Waals surface area (Å²) in [7, 11) is 1.51. The Hall–Kier alpha value is -3.49. The average molecular weight is 403 g/mol. The van der Waals surface area contributed by atoms with Gasteiger partial charge in [0.05, 0.1) is 12.8 Å². The van der Waals surface area contributed by atoms with E-state index in [2.05, 4.69) is 10.6 Å². The summed E-state index contributed by atoms with van der Waals surface area (Å²) in [6.45, 7) is 1.12. The number of carbonyl (C=O) groups is 3. The molecule has 1 aliphatic heterocycles. The second-order valence-electron chi connectivity index (χ2n) is 6.48. The minimum Gasteiger partial charge on any atom is -0.497 e. The average Bonchev–Trinajstić information content (AvgIpc) is 2.95. The van der Waals surface area contributed by atoms with E-state index in [0.29, 0.717) is 17.4 Å². The van der Waals surface area contributed by atoms with Crippen LogP contribution in [0.1, 0.15) is 18.9 Å². The first-order valence-corrected chi connectivity index (χ1v) is 8.84. The number of carbonyl (C=O) groups excluding carboxylic acids is 3. The second kappa shape index (κ2) is 7.86. The van der Waals surface area contributed by atoms with Crippen molar-refractivity contribution in [3.8, 4) is 5.75 Å². The van der Waals surface area contributed by atoms with Crippen LogP contribution in [-0.2, 0) is 15.1 Å². The number of nitrogens with zero attached hydrogens (tertiary/aromatic N) is 1. The molecule has 1 fully saturated rings. The number of urea groups is 1. The fourth-order valence-corrected chi connectivity index (χ4v) is 3.21. The van der Waals surface area contributed by atoms with Crippen LogP contribution >= 0.6 is 0 Å². The van der Waals surface area contributed by atoms with Gasteiger partial charge in [-0.3, -0.25) is 14.5 Å². The largest absolute Gasteiger partial charge is 0.497 e. The monoisotopic (exact) mass is 403 g/mol. The summed E-state index contributed by atoms with van der Waals surface area (Å²) in [6, 6.07) is 8.59. The van der Waals surface area contributed by atoms with Crippen LogP contribution in [-0.4, -0.2) is 36.4 Å². The van der Waals surface area contributed by atoms with Crippen molar-refractivity contribution in [3.63, 3.8) is 0 Å². The Bertz CT molecular complexity index is 965. The van der Waals surface area contributed by atoms with Gasteiger partial charge < -0.3 is 15.4 Å². The maximum absolute atomic E-state index is 13.7. The van der Waals surface area contributed by atoms with E-state index in [4.69, 9.17) is 4.74 Å². The highest BCUT2D eigenvalue weighted by molar-refractivity contribution is 6.10. The van der Waals surface area contributed by atoms with Crippen molar-refractivity contribution in [2.75, 3.05) is 19.0 Å². The van der Waals surface area contributed by atoms with Gasteiger partial charge in [0.1, 0.15) is 29.5 Å². The summed E-state index contributed by atoms with van der Waals surface area (Å²) in [5.41, 5.74) is -1.02. The van der Waals surface area contributed by atoms with Crippen LogP contribution in [0.15, 0.2) is 42.5 Å². The molecule has 4 amide bonds. The van der Waals surface area contributed by atoms with Gasteiger partial charge in [0, 0.05) is 6.07 Å². The molecule has 3 rings (SSSR count). The van der Waals surface area contributed by atoms with Crippen LogP contribution in [0.5, 0.6) is 5.75 Å². The molecule has 0 bridgehead atoms. The second-order valence-corrected chi connectivity index (χ2v) is 6.48. The van der Waals surface area contributed by atoms with Gasteiger partial charge in [0.2, 0.25) is 5.91 Å². The van der Waals surface area contributed by atoms with Crippen molar-refractivity contribution in [2.45, 2.75) is 18.9 Å². The van der Waals surface area contributed by atoms with E-state index in [0.717, 1.165) is 17.0 Å². The van der Waals surface area contributed by atoms with Gasteiger partial charge >= 0.3 is 6.03 Å². The molecule has 9 heteroatoms. The molecule has 1 heterocycles. The number of rotatable bonds is 6. The van der Waals surface area contributed by atoms with E-state index >= 15 is 0 Å². The lowest BCUT2D eigenvalue weighted by Gasteiger charge is -2.26. The molecule has 152 valence electrons. The molecule has 0 aliphatic carbocycles. The Morgan fingerprint density at radius 3 is 2.45 bits per heavy atom. The number of nitrogens with one attached hydrogen (secondary N) is 2. The third-order valence-corrected chi connectivity index (χ3v) is 4.80. The van der Waals surface area contributed by atoms with Crippen molar-refractivity contribution in [2.24, 2.45) is 0 Å². The van der Waals surface area contributed by atoms with Crippen molar-refractivity contribution in [3.05, 3.63) is 59.7 Å². The number of amides is 4. The van der Waals surface area contributed by atoms with Crippen LogP contribution in [0.25, 0.3) is 0 Å². The van der Waals surface area contributed by atoms with E-state index in [9.17, 15) is 23.2 Å². The maximum Gasteiger partial charge on any atom is 0.325 e. The molecule has 2 aromatic carbocycles. The predicted molar refractivity (Wildman–Crippen MR) is 100 cm³/mol. The Labute approximate surface area is 165 Å². The number of hydrogen-bond acceptors (Lipinski definition) is 4. The molecule has 7 nitrogen and oxygen atoms in total. The lowest BCUT2D eigenvalue weighted by atomic mass is 9.87. The zero-order chi connectivity index (χ0) is 21.2. The van der Waals surface area contributed by atoms with Crippen molar-refractivity contribution in [1.29, 1.82) is 0 Å². The molecular formula is C20H19F2N3O4. The maximum atomic E-state index is 13.7. The fourth-order valence-electron chi connectivity index (χ4n) is 3.21. The zero-order valence-corrected chi connectivity index (χ0v) is 15.8. The molecule has 0 aromatic heterocycles. The summed E-state index contributed by atoms with van der Waals surface area (Å²) in [4.78, 5) is 38.5. The molecule has 29 heavy (non-hydrogen) atoms. The zero-order valence-electron chi connectivity index (χ0n) is 15.8. The van der Waals surface area contributed by atoms with Gasteiger partial charge in [-0.25, -0.2) is 13.6 Å². The van der Waals surface area contributed by atoms with Crippen LogP contribution in [0.3, 0.4) is 0 Å². The molecule has 1 aliphatic rings. The summed E-state index contributed by atoms with van der Waals surface area (Å²) < 4.78 is 31.8. The number of methoxy groups -OCH3 is 1. The van der Waals surface area contributed by atoms with Crippen molar-refractivity contribution in [1.82, 2.24) is 10.2 Å². The standard InChI is InChI=1S/C20H19F2N3O4/c1-3-20(12-4-7-14(29-2)8-5-12)18(27)25(19(28)24-20)11-17(26)23-16-9-6-13(21)10-15(16)22/h4-10H,3,11H2,1-2H3,(H,23,26)(H,24,28)/t20-/m0/s1. The van der Waals surface area contributed by atoms with Gasteiger partial charge in [-0.15, -0.1) is 0 Å². The Morgan fingerprint density at radius 2 is 1.86 bits per heavy atom. The van der Waals surface area contributed by atoms with Crippen LogP contribution in [0.2, 0.25) is 0 Å². The number of ether oxygens (including phenoxy) is 1. The third-order valence-electron chi connectivity index (χ3n) is 4.80. The SMILES string of the molecule is CC[C@@]1(c2ccc(OC)cc2)NC(=O)N(CC(=O)Nc2ccc(F)cc2F)C1=O. The minimum atomic E-state index is -1.31. The number of benzene rings is 2. The lowest BCUT2D eigenvalue weighted by molar-refractivity contribution is -0.134. The van der Waals surface area contributed by atoms with Crippen molar-refractivity contribution >= 4 is 23.5 Å². The number of halogens is 2. The number of hydrogen-bond donors (Lipinski definition) is 2. The summed E-state index contributed by atoms with van der Waals surface area (Å²) in [5.74, 6) is -2.54. The third kappa shape index (κ3) is 3.75. The van der Waals surface area contributed by atoms with Crippen molar-refractivity contribution < 1.29 is 27.9 Å². The highest BCUT2D eigenvalue weighted by atomic mass is 19.1. The highest BCUT2D eigenvalue weighted by Gasteiger charge is 2.51. The van der Waals surface area contributed by atoms with Gasteiger partial charge in [0.15, 0.2) is 0 Å². The Balaban J connectivity index is 1.79. The van der Waals surface area contributed by atoms with Gasteiger partial charge in [-0.1, -0.05) is 19.1 Å². The number of imide groups is 1. The van der Waals surface area contributed by atoms with E-state index in [1.54, 1.807) is 31.2 Å². The quantitative estimate of drug-likeness (QED) is 0.726. The lowest BCUT2D eigenvalue weighted by Crippen LogP contribution is -2.44. The Morgan fingerprint density at radius 1 is 1.17 bits per heavy atom. The fraction of sp³-hybridized carbons (Fsp3) is 0.250. The first-order valence-electron chi connectivity index (χ1n) is 8.84. The molecule has 0 spiro atoms. The normalized spacial score (nSPS) is 18.6. The topological polar surface area (TPSA) is 87.7 Å². The molecule has 1 atom stereocenters. The molecule has 0 radical (unpaired) electrons. The molecule has 2 N–H and O–H groups in total. The van der Waals surface area contributed by atoms with Gasteiger partial charge in [0.25, 0.3) is 5.91 Å². The molecule has 0 unspecified atom stereocenters. The van der Waals surface area contributed by atoms with E-state index in [-0.39, 0.29) is 12.1 Å². The van der Waals surface area contributed by atoms with Crippen LogP contribution in [0, 0.1) is 11.6 Å². The van der Waals surface area contributed by atoms with Gasteiger partial charge in [-0.2, -0.15) is 0 Å². The summed E-state index contributed by atoms with van der Waals surface area (Å²) in [6.07, 6.45) is 0.259.